The normalized spacial score (nSPS) is 19.0. The molecule has 0 bridgehead atoms. The Balaban J connectivity index is 1.46. The van der Waals surface area contributed by atoms with Gasteiger partial charge in [0.25, 0.3) is 0 Å². The van der Waals surface area contributed by atoms with Crippen LogP contribution in [0, 0.1) is 0 Å². The lowest BCUT2D eigenvalue weighted by molar-refractivity contribution is 0.312. The summed E-state index contributed by atoms with van der Waals surface area (Å²) in [7, 11) is 2.15. The van der Waals surface area contributed by atoms with E-state index in [4.69, 9.17) is 5.73 Å². The quantitative estimate of drug-likeness (QED) is 0.855. The van der Waals surface area contributed by atoms with Crippen LogP contribution < -0.4 is 20.4 Å². The van der Waals surface area contributed by atoms with Crippen LogP contribution in [0.15, 0.2) is 30.7 Å². The molecule has 2 saturated heterocycles. The predicted octanol–water partition coefficient (Wildman–Crippen LogP) is 0.532. The molecule has 0 radical (unpaired) electrons. The molecule has 4 heterocycles. The van der Waals surface area contributed by atoms with Gasteiger partial charge in [0.05, 0.1) is 0 Å². The van der Waals surface area contributed by atoms with Crippen LogP contribution in [0.2, 0.25) is 0 Å². The van der Waals surface area contributed by atoms with Gasteiger partial charge in [-0.15, -0.1) is 0 Å². The summed E-state index contributed by atoms with van der Waals surface area (Å²) < 4.78 is 0. The topological polar surface area (TPSA) is 77.7 Å². The second kappa shape index (κ2) is 7.33. The van der Waals surface area contributed by atoms with E-state index in [1.54, 1.807) is 6.33 Å². The maximum absolute atomic E-state index is 6.48. The second-order valence-corrected chi connectivity index (χ2v) is 6.89. The second-order valence-electron chi connectivity index (χ2n) is 6.89. The minimum atomic E-state index is 0.698. The Morgan fingerprint density at radius 1 is 0.769 bits per heavy atom. The van der Waals surface area contributed by atoms with Gasteiger partial charge in [0, 0.05) is 58.6 Å². The maximum atomic E-state index is 6.48. The number of nitrogens with zero attached hydrogens (tertiary/aromatic N) is 7. The third-order valence-electron chi connectivity index (χ3n) is 5.20. The van der Waals surface area contributed by atoms with E-state index in [0.29, 0.717) is 5.69 Å². The summed E-state index contributed by atoms with van der Waals surface area (Å²) in [6.07, 6.45) is 3.48. The van der Waals surface area contributed by atoms with Crippen LogP contribution >= 0.6 is 0 Å². The Morgan fingerprint density at radius 2 is 1.35 bits per heavy atom. The number of piperazine rings is 2. The van der Waals surface area contributed by atoms with Gasteiger partial charge in [-0.1, -0.05) is 6.07 Å². The van der Waals surface area contributed by atoms with Gasteiger partial charge in [-0.25, -0.2) is 15.0 Å². The SMILES string of the molecule is CN1CCN(c2ncnc(N3CCN(c4ccccn4)CC3)c2N)CC1. The zero-order valence-corrected chi connectivity index (χ0v) is 15.3. The molecule has 0 unspecified atom stereocenters. The molecule has 2 aromatic heterocycles. The fourth-order valence-electron chi connectivity index (χ4n) is 3.59. The van der Waals surface area contributed by atoms with Crippen LogP contribution in [0.3, 0.4) is 0 Å². The lowest BCUT2D eigenvalue weighted by Gasteiger charge is -2.37. The predicted molar refractivity (Wildman–Crippen MR) is 105 cm³/mol. The number of anilines is 4. The Kier molecular flexibility index (Phi) is 4.75. The molecular weight excluding hydrogens is 328 g/mol. The van der Waals surface area contributed by atoms with Crippen molar-refractivity contribution in [1.82, 2.24) is 19.9 Å². The smallest absolute Gasteiger partial charge is 0.157 e. The van der Waals surface area contributed by atoms with Crippen molar-refractivity contribution in [1.29, 1.82) is 0 Å². The minimum absolute atomic E-state index is 0.698. The first-order valence-corrected chi connectivity index (χ1v) is 9.17. The average Bonchev–Trinajstić information content (AvgIpc) is 2.70. The molecule has 2 N–H and O–H groups in total. The summed E-state index contributed by atoms with van der Waals surface area (Å²) in [5.74, 6) is 2.76. The van der Waals surface area contributed by atoms with E-state index < -0.39 is 0 Å². The van der Waals surface area contributed by atoms with E-state index in [2.05, 4.69) is 47.7 Å². The van der Waals surface area contributed by atoms with Crippen molar-refractivity contribution in [2.24, 2.45) is 0 Å². The lowest BCUT2D eigenvalue weighted by Crippen LogP contribution is -2.48. The molecule has 0 amide bonds. The first-order chi connectivity index (χ1) is 12.7. The average molecular weight is 354 g/mol. The molecule has 0 aromatic carbocycles. The zero-order valence-electron chi connectivity index (χ0n) is 15.3. The van der Waals surface area contributed by atoms with Crippen molar-refractivity contribution in [2.75, 3.05) is 79.8 Å². The molecule has 0 spiro atoms. The monoisotopic (exact) mass is 354 g/mol. The van der Waals surface area contributed by atoms with Gasteiger partial charge >= 0.3 is 0 Å². The van der Waals surface area contributed by atoms with Crippen molar-refractivity contribution < 1.29 is 0 Å². The molecule has 0 saturated carbocycles. The molecule has 2 aliphatic rings. The Bertz CT molecular complexity index is 721. The van der Waals surface area contributed by atoms with Crippen molar-refractivity contribution in [3.05, 3.63) is 30.7 Å². The van der Waals surface area contributed by atoms with E-state index in [1.807, 2.05) is 18.3 Å². The third kappa shape index (κ3) is 3.37. The number of likely N-dealkylation sites (N-methyl/N-ethyl adjacent to an activating group) is 1. The highest BCUT2D eigenvalue weighted by Gasteiger charge is 2.24. The largest absolute Gasteiger partial charge is 0.393 e. The van der Waals surface area contributed by atoms with Crippen molar-refractivity contribution >= 4 is 23.1 Å². The number of pyridine rings is 1. The molecular formula is C18H26N8. The van der Waals surface area contributed by atoms with Gasteiger partial charge in [0.1, 0.15) is 17.8 Å². The number of aromatic nitrogens is 3. The lowest BCUT2D eigenvalue weighted by atomic mass is 10.2. The first kappa shape index (κ1) is 16.8. The summed E-state index contributed by atoms with van der Waals surface area (Å²) in [5, 5.41) is 0. The molecule has 4 rings (SSSR count). The summed E-state index contributed by atoms with van der Waals surface area (Å²) in [6, 6.07) is 6.03. The molecule has 8 heteroatoms. The molecule has 0 atom stereocenters. The molecule has 26 heavy (non-hydrogen) atoms. The van der Waals surface area contributed by atoms with Crippen LogP contribution in [0.5, 0.6) is 0 Å². The number of nitrogens with two attached hydrogens (primary N) is 1. The van der Waals surface area contributed by atoms with E-state index in [1.165, 1.54) is 0 Å². The highest BCUT2D eigenvalue weighted by molar-refractivity contribution is 5.76. The van der Waals surface area contributed by atoms with Crippen molar-refractivity contribution in [2.45, 2.75) is 0 Å². The van der Waals surface area contributed by atoms with E-state index in [0.717, 1.165) is 69.8 Å². The van der Waals surface area contributed by atoms with Gasteiger partial charge in [0.15, 0.2) is 11.6 Å². The first-order valence-electron chi connectivity index (χ1n) is 9.17. The Morgan fingerprint density at radius 3 is 1.92 bits per heavy atom. The highest BCUT2D eigenvalue weighted by Crippen LogP contribution is 2.30. The number of rotatable bonds is 3. The Hall–Kier alpha value is -2.61. The standard InChI is InChI=1S/C18H26N8/c1-23-6-8-25(9-7-23)17-16(19)18(22-14-21-17)26-12-10-24(11-13-26)15-4-2-3-5-20-15/h2-5,14H,6-13,19H2,1H3. The van der Waals surface area contributed by atoms with Crippen LogP contribution in [-0.2, 0) is 0 Å². The zero-order chi connectivity index (χ0) is 17.9. The van der Waals surface area contributed by atoms with Gasteiger partial charge in [0.2, 0.25) is 0 Å². The summed E-state index contributed by atoms with van der Waals surface area (Å²) >= 11 is 0. The number of hydrogen-bond donors (Lipinski definition) is 1. The molecule has 2 aromatic rings. The fraction of sp³-hybridized carbons (Fsp3) is 0.500. The molecule has 2 fully saturated rings. The van der Waals surface area contributed by atoms with E-state index in [-0.39, 0.29) is 0 Å². The van der Waals surface area contributed by atoms with Crippen LogP contribution in [-0.4, -0.2) is 79.3 Å². The Labute approximate surface area is 154 Å². The van der Waals surface area contributed by atoms with Crippen LogP contribution in [0.1, 0.15) is 0 Å². The summed E-state index contributed by atoms with van der Waals surface area (Å²) in [6.45, 7) is 7.52. The van der Waals surface area contributed by atoms with Gasteiger partial charge < -0.3 is 25.3 Å². The molecule has 8 nitrogen and oxygen atoms in total. The van der Waals surface area contributed by atoms with Gasteiger partial charge in [-0.05, 0) is 19.2 Å². The van der Waals surface area contributed by atoms with Crippen molar-refractivity contribution in [3.8, 4) is 0 Å². The van der Waals surface area contributed by atoms with Gasteiger partial charge in [-0.2, -0.15) is 0 Å². The third-order valence-corrected chi connectivity index (χ3v) is 5.20. The van der Waals surface area contributed by atoms with E-state index in [9.17, 15) is 0 Å². The minimum Gasteiger partial charge on any atom is -0.393 e. The summed E-state index contributed by atoms with van der Waals surface area (Å²) in [4.78, 5) is 22.6. The fourth-order valence-corrected chi connectivity index (χ4v) is 3.59. The molecule has 138 valence electrons. The van der Waals surface area contributed by atoms with Crippen LogP contribution in [0.4, 0.5) is 23.1 Å². The maximum Gasteiger partial charge on any atom is 0.157 e. The number of hydrogen-bond acceptors (Lipinski definition) is 8. The van der Waals surface area contributed by atoms with Crippen LogP contribution in [0.25, 0.3) is 0 Å². The highest BCUT2D eigenvalue weighted by atomic mass is 15.3. The van der Waals surface area contributed by atoms with Crippen molar-refractivity contribution in [3.63, 3.8) is 0 Å². The number of nitrogen functional groups attached to an aromatic ring is 1. The van der Waals surface area contributed by atoms with Gasteiger partial charge in [-0.3, -0.25) is 0 Å². The van der Waals surface area contributed by atoms with E-state index >= 15 is 0 Å². The molecule has 2 aliphatic heterocycles. The molecule has 0 aliphatic carbocycles. The summed E-state index contributed by atoms with van der Waals surface area (Å²) in [5.41, 5.74) is 7.18.